The van der Waals surface area contributed by atoms with Gasteiger partial charge in [-0.2, -0.15) is 35.2 Å². The standard InChI is InChI=1S/C20H16F6N6O3S/c1-35-14-4-2-3-13-16(14)29-18(27)32-17(13)28-15(30-32)10-31(36(33,34)20(24,25)26)9-11-5-7-12(8-6-11)19(21,22)23/h2-8H,9-10H2,1H3,(H2,27,29). The van der Waals surface area contributed by atoms with Crippen LogP contribution in [0.5, 0.6) is 5.75 Å². The Morgan fingerprint density at radius 3 is 2.25 bits per heavy atom. The number of para-hydroxylation sites is 1. The van der Waals surface area contributed by atoms with E-state index in [2.05, 4.69) is 15.1 Å². The molecule has 0 fully saturated rings. The van der Waals surface area contributed by atoms with Crippen LogP contribution in [0.1, 0.15) is 17.0 Å². The molecular weight excluding hydrogens is 518 g/mol. The Bertz CT molecular complexity index is 1530. The van der Waals surface area contributed by atoms with Gasteiger partial charge in [0.2, 0.25) is 5.95 Å². The van der Waals surface area contributed by atoms with Crippen molar-refractivity contribution in [2.75, 3.05) is 12.8 Å². The first kappa shape index (κ1) is 25.4. The second kappa shape index (κ2) is 8.77. The zero-order chi connectivity index (χ0) is 26.5. The summed E-state index contributed by atoms with van der Waals surface area (Å²) in [5.41, 5.74) is -0.539. The van der Waals surface area contributed by atoms with Gasteiger partial charge in [-0.25, -0.2) is 18.4 Å². The van der Waals surface area contributed by atoms with Crippen LogP contribution >= 0.6 is 0 Å². The highest BCUT2D eigenvalue weighted by molar-refractivity contribution is 7.89. The van der Waals surface area contributed by atoms with Crippen molar-refractivity contribution in [1.82, 2.24) is 23.9 Å². The maximum atomic E-state index is 13.4. The Balaban J connectivity index is 1.76. The fourth-order valence-electron chi connectivity index (χ4n) is 3.43. The molecule has 4 rings (SSSR count). The molecule has 2 aromatic carbocycles. The Kier molecular flexibility index (Phi) is 6.20. The largest absolute Gasteiger partial charge is 0.511 e. The van der Waals surface area contributed by atoms with Crippen molar-refractivity contribution in [3.63, 3.8) is 0 Å². The first-order valence-electron chi connectivity index (χ1n) is 9.93. The minimum absolute atomic E-state index is 0.0246. The molecule has 192 valence electrons. The third kappa shape index (κ3) is 4.60. The lowest BCUT2D eigenvalue weighted by molar-refractivity contribution is -0.137. The van der Waals surface area contributed by atoms with Crippen molar-refractivity contribution in [3.05, 3.63) is 59.4 Å². The minimum atomic E-state index is -5.92. The predicted molar refractivity (Wildman–Crippen MR) is 115 cm³/mol. The lowest BCUT2D eigenvalue weighted by atomic mass is 10.1. The molecule has 4 aromatic rings. The molecule has 0 saturated heterocycles. The quantitative estimate of drug-likeness (QED) is 0.375. The van der Waals surface area contributed by atoms with Crippen molar-refractivity contribution in [3.8, 4) is 5.75 Å². The molecule has 0 aliphatic heterocycles. The van der Waals surface area contributed by atoms with E-state index in [1.807, 2.05) is 0 Å². The third-order valence-electron chi connectivity index (χ3n) is 5.14. The monoisotopic (exact) mass is 534 g/mol. The number of aromatic nitrogens is 4. The molecule has 9 nitrogen and oxygen atoms in total. The number of halogens is 6. The Morgan fingerprint density at radius 1 is 1.00 bits per heavy atom. The van der Waals surface area contributed by atoms with Crippen molar-refractivity contribution in [2.45, 2.75) is 24.8 Å². The molecule has 2 aromatic heterocycles. The number of anilines is 1. The first-order chi connectivity index (χ1) is 16.7. The summed E-state index contributed by atoms with van der Waals surface area (Å²) in [6, 6.07) is 7.86. The van der Waals surface area contributed by atoms with Crippen LogP contribution in [0.3, 0.4) is 0 Å². The Morgan fingerprint density at radius 2 is 1.67 bits per heavy atom. The lowest BCUT2D eigenvalue weighted by Crippen LogP contribution is -2.40. The molecule has 0 aliphatic rings. The Hall–Kier alpha value is -3.66. The fraction of sp³-hybridized carbons (Fsp3) is 0.250. The number of sulfonamides is 1. The van der Waals surface area contributed by atoms with Gasteiger partial charge >= 0.3 is 21.7 Å². The lowest BCUT2D eigenvalue weighted by Gasteiger charge is -2.22. The van der Waals surface area contributed by atoms with E-state index < -0.39 is 40.4 Å². The van der Waals surface area contributed by atoms with Gasteiger partial charge in [-0.3, -0.25) is 0 Å². The molecule has 0 spiro atoms. The van der Waals surface area contributed by atoms with Gasteiger partial charge in [0.25, 0.3) is 0 Å². The molecule has 0 atom stereocenters. The van der Waals surface area contributed by atoms with Crippen LogP contribution in [0, 0.1) is 0 Å². The van der Waals surface area contributed by atoms with Crippen LogP contribution in [0.2, 0.25) is 0 Å². The third-order valence-corrected chi connectivity index (χ3v) is 6.67. The van der Waals surface area contributed by atoms with Crippen LogP contribution in [0.25, 0.3) is 16.6 Å². The molecule has 0 saturated carbocycles. The van der Waals surface area contributed by atoms with Gasteiger partial charge in [-0.15, -0.1) is 5.10 Å². The summed E-state index contributed by atoms with van der Waals surface area (Å²) >= 11 is 0. The van der Waals surface area contributed by atoms with Crippen molar-refractivity contribution in [2.24, 2.45) is 0 Å². The number of hydrogen-bond acceptors (Lipinski definition) is 7. The van der Waals surface area contributed by atoms with Crippen LogP contribution in [0.15, 0.2) is 42.5 Å². The number of nitrogens with two attached hydrogens (primary N) is 1. The van der Waals surface area contributed by atoms with Crippen molar-refractivity contribution < 1.29 is 39.5 Å². The number of ether oxygens (including phenoxy) is 1. The molecular formula is C20H16F6N6O3S. The summed E-state index contributed by atoms with van der Waals surface area (Å²) in [6.07, 6.45) is -4.67. The van der Waals surface area contributed by atoms with Crippen LogP contribution in [-0.2, 0) is 29.3 Å². The van der Waals surface area contributed by atoms with E-state index in [1.165, 1.54) is 7.11 Å². The average Bonchev–Trinajstić information content (AvgIpc) is 3.22. The van der Waals surface area contributed by atoms with E-state index in [1.54, 1.807) is 18.2 Å². The second-order valence-corrected chi connectivity index (χ2v) is 9.43. The number of hydrogen-bond donors (Lipinski definition) is 1. The zero-order valence-corrected chi connectivity index (χ0v) is 19.0. The van der Waals surface area contributed by atoms with Gasteiger partial charge < -0.3 is 10.5 Å². The molecule has 2 heterocycles. The summed E-state index contributed by atoms with van der Waals surface area (Å²) in [5, 5.41) is 4.38. The highest BCUT2D eigenvalue weighted by atomic mass is 32.2. The van der Waals surface area contributed by atoms with E-state index in [9.17, 15) is 34.8 Å². The van der Waals surface area contributed by atoms with E-state index in [-0.39, 0.29) is 27.3 Å². The number of alkyl halides is 6. The van der Waals surface area contributed by atoms with E-state index in [0.29, 0.717) is 28.8 Å². The molecule has 0 unspecified atom stereocenters. The van der Waals surface area contributed by atoms with Gasteiger partial charge in [-0.05, 0) is 29.8 Å². The van der Waals surface area contributed by atoms with Gasteiger partial charge in [0.15, 0.2) is 11.5 Å². The molecule has 0 radical (unpaired) electrons. The number of fused-ring (bicyclic) bond motifs is 3. The first-order valence-corrected chi connectivity index (χ1v) is 11.4. The van der Waals surface area contributed by atoms with Gasteiger partial charge in [0.1, 0.15) is 11.3 Å². The van der Waals surface area contributed by atoms with Crippen LogP contribution in [-0.4, -0.2) is 44.9 Å². The number of rotatable bonds is 6. The molecule has 0 bridgehead atoms. The van der Waals surface area contributed by atoms with Gasteiger partial charge in [0, 0.05) is 11.9 Å². The smallest absolute Gasteiger partial charge is 0.494 e. The van der Waals surface area contributed by atoms with Gasteiger partial charge in [0.05, 0.1) is 19.2 Å². The molecule has 2 N–H and O–H groups in total. The number of methoxy groups -OCH3 is 1. The zero-order valence-electron chi connectivity index (χ0n) is 18.2. The number of nitrogen functional groups attached to an aromatic ring is 1. The van der Waals surface area contributed by atoms with Crippen molar-refractivity contribution in [1.29, 1.82) is 0 Å². The highest BCUT2D eigenvalue weighted by Crippen LogP contribution is 2.32. The van der Waals surface area contributed by atoms with Crippen LogP contribution < -0.4 is 10.5 Å². The predicted octanol–water partition coefficient (Wildman–Crippen LogP) is 3.74. The summed E-state index contributed by atoms with van der Waals surface area (Å²) < 4.78 is 109. The maximum Gasteiger partial charge on any atom is 0.511 e. The second-order valence-electron chi connectivity index (χ2n) is 7.50. The Labute approximate surface area is 199 Å². The average molecular weight is 534 g/mol. The van der Waals surface area contributed by atoms with E-state index in [4.69, 9.17) is 10.5 Å². The topological polar surface area (TPSA) is 116 Å². The molecule has 36 heavy (non-hydrogen) atoms. The minimum Gasteiger partial charge on any atom is -0.494 e. The summed E-state index contributed by atoms with van der Waals surface area (Å²) in [6.45, 7) is -1.84. The summed E-state index contributed by atoms with van der Waals surface area (Å²) in [5.74, 6) is -0.192. The maximum absolute atomic E-state index is 13.4. The number of benzene rings is 2. The van der Waals surface area contributed by atoms with E-state index >= 15 is 0 Å². The van der Waals surface area contributed by atoms with Gasteiger partial charge in [-0.1, -0.05) is 18.2 Å². The summed E-state index contributed by atoms with van der Waals surface area (Å²) in [7, 11) is -4.52. The summed E-state index contributed by atoms with van der Waals surface area (Å²) in [4.78, 5) is 8.31. The fourth-order valence-corrected chi connectivity index (χ4v) is 4.33. The number of nitrogens with zero attached hydrogens (tertiary/aromatic N) is 5. The van der Waals surface area contributed by atoms with E-state index in [0.717, 1.165) is 16.6 Å². The SMILES string of the molecule is COc1cccc2c1nc(N)n1nc(CN(Cc3ccc(C(F)(F)F)cc3)S(=O)(=O)C(F)(F)F)nc21. The molecule has 0 amide bonds. The molecule has 0 aliphatic carbocycles. The highest BCUT2D eigenvalue weighted by Gasteiger charge is 2.50. The van der Waals surface area contributed by atoms with Crippen molar-refractivity contribution >= 4 is 32.5 Å². The molecule has 16 heteroatoms. The van der Waals surface area contributed by atoms with Crippen LogP contribution in [0.4, 0.5) is 32.3 Å². The normalized spacial score (nSPS) is 13.1.